The van der Waals surface area contributed by atoms with Crippen LogP contribution in [0.15, 0.2) is 0 Å². The molecule has 0 rings (SSSR count). The van der Waals surface area contributed by atoms with Gasteiger partial charge in [0.25, 0.3) is 0 Å². The number of hydrogen-bond acceptors (Lipinski definition) is 9. The molecule has 0 aliphatic carbocycles. The summed E-state index contributed by atoms with van der Waals surface area (Å²) < 4.78 is 9.28. The van der Waals surface area contributed by atoms with Gasteiger partial charge in [-0.25, -0.2) is 4.79 Å². The third-order valence-electron chi connectivity index (χ3n) is 6.22. The van der Waals surface area contributed by atoms with Gasteiger partial charge in [0.2, 0.25) is 0 Å². The van der Waals surface area contributed by atoms with Crippen LogP contribution in [-0.2, 0) is 28.7 Å². The first-order chi connectivity index (χ1) is 19.0. The molecule has 2 unspecified atom stereocenters. The van der Waals surface area contributed by atoms with Crippen LogP contribution < -0.4 is 0 Å². The second kappa shape index (κ2) is 27.0. The molecule has 0 bridgehead atoms. The van der Waals surface area contributed by atoms with Crippen molar-refractivity contribution in [2.75, 3.05) is 19.8 Å². The van der Waals surface area contributed by atoms with E-state index in [0.717, 1.165) is 12.8 Å². The average molecular weight is 579 g/mol. The predicted molar refractivity (Wildman–Crippen MR) is 150 cm³/mol. The van der Waals surface area contributed by atoms with Crippen molar-refractivity contribution in [3.8, 4) is 0 Å². The summed E-state index contributed by atoms with van der Waals surface area (Å²) in [7, 11) is 0. The predicted octanol–water partition coefficient (Wildman–Crippen LogP) is 4.37. The molecule has 11 heteroatoms. The normalized spacial score (nSPS) is 12.9. The van der Waals surface area contributed by atoms with Gasteiger partial charge in [-0.3, -0.25) is 14.4 Å². The number of carboxylic acids is 2. The molecule has 2 atom stereocenters. The van der Waals surface area contributed by atoms with Gasteiger partial charge in [0, 0.05) is 6.42 Å². The number of aliphatic hydroxyl groups excluding tert-OH is 2. The van der Waals surface area contributed by atoms with Gasteiger partial charge in [0.05, 0.1) is 26.1 Å². The largest absolute Gasteiger partial charge is 0.481 e. The number of esters is 2. The highest BCUT2D eigenvalue weighted by Gasteiger charge is 2.41. The van der Waals surface area contributed by atoms with Crippen molar-refractivity contribution in [2.24, 2.45) is 0 Å². The number of aliphatic hydroxyl groups is 3. The summed E-state index contributed by atoms with van der Waals surface area (Å²) in [6.45, 7) is 3.33. The van der Waals surface area contributed by atoms with Crippen LogP contribution in [0.4, 0.5) is 0 Å². The van der Waals surface area contributed by atoms with Crippen LogP contribution in [0.25, 0.3) is 0 Å². The molecule has 236 valence electrons. The standard InChI is InChI=1S/C21H42O4.C8H12O7/c1-2-3-4-5-6-7-8-9-10-11-12-13-14-15-16-17-21(24)25-19-20(23)18-22;1-2-15-6(11)4-8(14,7(12)13)3-5(9)10/h20,22-23H,2-19H2,1H3;14H,2-4H2,1H3,(H,9,10)(H,12,13). The molecule has 0 spiro atoms. The summed E-state index contributed by atoms with van der Waals surface area (Å²) in [5.41, 5.74) is -2.61. The van der Waals surface area contributed by atoms with Crippen molar-refractivity contribution in [3.63, 3.8) is 0 Å². The first-order valence-electron chi connectivity index (χ1n) is 14.8. The van der Waals surface area contributed by atoms with Crippen molar-refractivity contribution in [3.05, 3.63) is 0 Å². The van der Waals surface area contributed by atoms with E-state index in [0.29, 0.717) is 6.42 Å². The van der Waals surface area contributed by atoms with Crippen LogP contribution in [0, 0.1) is 0 Å². The molecule has 0 aromatic carbocycles. The van der Waals surface area contributed by atoms with E-state index >= 15 is 0 Å². The van der Waals surface area contributed by atoms with Gasteiger partial charge in [-0.1, -0.05) is 96.8 Å². The molecule has 0 amide bonds. The Labute approximate surface area is 239 Å². The maximum atomic E-state index is 11.4. The molecule has 0 fully saturated rings. The van der Waals surface area contributed by atoms with Gasteiger partial charge in [-0.05, 0) is 13.3 Å². The van der Waals surface area contributed by atoms with Crippen molar-refractivity contribution >= 4 is 23.9 Å². The lowest BCUT2D eigenvalue weighted by atomic mass is 9.96. The Morgan fingerprint density at radius 2 is 1.12 bits per heavy atom. The Kier molecular flexibility index (Phi) is 26.9. The zero-order valence-electron chi connectivity index (χ0n) is 24.6. The maximum absolute atomic E-state index is 11.4. The highest BCUT2D eigenvalue weighted by molar-refractivity contribution is 5.88. The third-order valence-corrected chi connectivity index (χ3v) is 6.22. The Morgan fingerprint density at radius 3 is 1.50 bits per heavy atom. The summed E-state index contributed by atoms with van der Waals surface area (Å²) in [5.74, 6) is -4.51. The smallest absolute Gasteiger partial charge is 0.336 e. The molecule has 11 nitrogen and oxygen atoms in total. The molecule has 0 aliphatic heterocycles. The summed E-state index contributed by atoms with van der Waals surface area (Å²) in [4.78, 5) is 43.1. The number of unbranched alkanes of at least 4 members (excludes halogenated alkanes) is 14. The van der Waals surface area contributed by atoms with Gasteiger partial charge in [0.15, 0.2) is 5.60 Å². The monoisotopic (exact) mass is 578 g/mol. The van der Waals surface area contributed by atoms with Crippen LogP contribution in [0.3, 0.4) is 0 Å². The van der Waals surface area contributed by atoms with Crippen LogP contribution in [0.2, 0.25) is 0 Å². The molecule has 0 heterocycles. The van der Waals surface area contributed by atoms with E-state index in [-0.39, 0.29) is 25.8 Å². The van der Waals surface area contributed by atoms with E-state index in [2.05, 4.69) is 11.7 Å². The van der Waals surface area contributed by atoms with Crippen molar-refractivity contribution in [1.29, 1.82) is 0 Å². The first-order valence-corrected chi connectivity index (χ1v) is 14.8. The SMILES string of the molecule is CCCCCCCCCCCCCCCCCC(=O)OCC(O)CO.CCOC(=O)CC(O)(CC(=O)O)C(=O)O. The van der Waals surface area contributed by atoms with E-state index in [1.54, 1.807) is 0 Å². The highest BCUT2D eigenvalue weighted by atomic mass is 16.5. The lowest BCUT2D eigenvalue weighted by Crippen LogP contribution is -2.43. The molecular weight excluding hydrogens is 524 g/mol. The van der Waals surface area contributed by atoms with E-state index in [9.17, 15) is 24.3 Å². The topological polar surface area (TPSA) is 188 Å². The van der Waals surface area contributed by atoms with Crippen LogP contribution in [0.5, 0.6) is 0 Å². The van der Waals surface area contributed by atoms with Crippen LogP contribution >= 0.6 is 0 Å². The van der Waals surface area contributed by atoms with Gasteiger partial charge >= 0.3 is 23.9 Å². The van der Waals surface area contributed by atoms with E-state index in [4.69, 9.17) is 25.2 Å². The molecule has 0 radical (unpaired) electrons. The van der Waals surface area contributed by atoms with Crippen LogP contribution in [-0.4, -0.2) is 80.9 Å². The zero-order chi connectivity index (χ0) is 30.7. The van der Waals surface area contributed by atoms with Gasteiger partial charge in [0.1, 0.15) is 12.7 Å². The Hall–Kier alpha value is -2.24. The number of ether oxygens (including phenoxy) is 2. The van der Waals surface area contributed by atoms with E-state index in [1.807, 2.05) is 0 Å². The molecule has 0 saturated heterocycles. The first kappa shape index (κ1) is 39.9. The summed E-state index contributed by atoms with van der Waals surface area (Å²) >= 11 is 0. The highest BCUT2D eigenvalue weighted by Crippen LogP contribution is 2.17. The minimum absolute atomic E-state index is 0.0294. The summed E-state index contributed by atoms with van der Waals surface area (Å²) in [5, 5.41) is 44.0. The molecule has 0 saturated carbocycles. The fraction of sp³-hybridized carbons (Fsp3) is 0.862. The Bertz CT molecular complexity index is 668. The van der Waals surface area contributed by atoms with Crippen molar-refractivity contribution < 1.29 is 54.2 Å². The van der Waals surface area contributed by atoms with Crippen molar-refractivity contribution in [2.45, 2.75) is 141 Å². The number of rotatable bonds is 25. The van der Waals surface area contributed by atoms with Gasteiger partial charge < -0.3 is 35.0 Å². The molecule has 5 N–H and O–H groups in total. The molecule has 0 aromatic heterocycles. The van der Waals surface area contributed by atoms with Crippen molar-refractivity contribution in [1.82, 2.24) is 0 Å². The quantitative estimate of drug-likeness (QED) is 0.0764. The second-order valence-corrected chi connectivity index (χ2v) is 10.1. The Balaban J connectivity index is 0. The van der Waals surface area contributed by atoms with Gasteiger partial charge in [-0.15, -0.1) is 0 Å². The summed E-state index contributed by atoms with van der Waals surface area (Å²) in [6.07, 6.45) is 17.1. The molecule has 0 aliphatic rings. The second-order valence-electron chi connectivity index (χ2n) is 10.1. The Morgan fingerprint density at radius 1 is 0.675 bits per heavy atom. The lowest BCUT2D eigenvalue weighted by molar-refractivity contribution is -0.171. The fourth-order valence-electron chi connectivity index (χ4n) is 3.87. The number of hydrogen-bond donors (Lipinski definition) is 5. The maximum Gasteiger partial charge on any atom is 0.336 e. The lowest BCUT2D eigenvalue weighted by Gasteiger charge is -2.19. The molecular formula is C29H54O11. The third kappa shape index (κ3) is 26.0. The van der Waals surface area contributed by atoms with Gasteiger partial charge in [-0.2, -0.15) is 0 Å². The zero-order valence-corrected chi connectivity index (χ0v) is 24.6. The van der Waals surface area contributed by atoms with E-state index < -0.39 is 42.5 Å². The molecule has 0 aromatic rings. The fourth-order valence-corrected chi connectivity index (χ4v) is 3.87. The summed E-state index contributed by atoms with van der Waals surface area (Å²) in [6, 6.07) is 0. The average Bonchev–Trinajstić information content (AvgIpc) is 2.89. The number of carbonyl (C=O) groups excluding carboxylic acids is 2. The number of carboxylic acid groups (broad SMARTS) is 2. The minimum atomic E-state index is -2.61. The number of carbonyl (C=O) groups is 4. The van der Waals surface area contributed by atoms with Crippen LogP contribution in [0.1, 0.15) is 129 Å². The van der Waals surface area contributed by atoms with E-state index in [1.165, 1.54) is 90.4 Å². The molecule has 40 heavy (non-hydrogen) atoms. The minimum Gasteiger partial charge on any atom is -0.481 e. The number of aliphatic carboxylic acids is 2.